The summed E-state index contributed by atoms with van der Waals surface area (Å²) < 4.78 is 32.3. The summed E-state index contributed by atoms with van der Waals surface area (Å²) in [6.45, 7) is 3.39. The third kappa shape index (κ3) is 5.02. The SMILES string of the molecule is COc1ccc(S(=O)(=O)NC(C)C)cc1NC(=O)c1ccc([N+](=O)[O-])cc1. The Morgan fingerprint density at radius 2 is 1.78 bits per heavy atom. The molecule has 2 aromatic rings. The Kier molecular flexibility index (Phi) is 6.13. The molecule has 0 heterocycles. The highest BCUT2D eigenvalue weighted by Gasteiger charge is 2.19. The predicted molar refractivity (Wildman–Crippen MR) is 99.5 cm³/mol. The molecule has 0 aliphatic rings. The van der Waals surface area contributed by atoms with Crippen LogP contribution in [0.1, 0.15) is 24.2 Å². The Morgan fingerprint density at radius 1 is 1.15 bits per heavy atom. The summed E-state index contributed by atoms with van der Waals surface area (Å²) in [5.74, 6) is -0.289. The zero-order valence-electron chi connectivity index (χ0n) is 14.9. The molecule has 2 aromatic carbocycles. The molecular formula is C17H19N3O6S. The van der Waals surface area contributed by atoms with Crippen LogP contribution in [0.15, 0.2) is 47.4 Å². The van der Waals surface area contributed by atoms with E-state index in [0.717, 1.165) is 0 Å². The Labute approximate surface area is 156 Å². The molecule has 0 radical (unpaired) electrons. The number of nitro benzene ring substituents is 1. The van der Waals surface area contributed by atoms with E-state index in [-0.39, 0.29) is 33.6 Å². The molecule has 0 bridgehead atoms. The van der Waals surface area contributed by atoms with Crippen LogP contribution in [0.3, 0.4) is 0 Å². The zero-order chi connectivity index (χ0) is 20.2. The average Bonchev–Trinajstić information content (AvgIpc) is 2.60. The van der Waals surface area contributed by atoms with Crippen molar-refractivity contribution in [3.8, 4) is 5.75 Å². The second kappa shape index (κ2) is 8.14. The number of nitrogens with zero attached hydrogens (tertiary/aromatic N) is 1. The van der Waals surface area contributed by atoms with E-state index in [1.165, 1.54) is 49.6 Å². The molecule has 27 heavy (non-hydrogen) atoms. The molecule has 9 nitrogen and oxygen atoms in total. The molecule has 1 amide bonds. The lowest BCUT2D eigenvalue weighted by Crippen LogP contribution is -2.30. The van der Waals surface area contributed by atoms with Crippen molar-refractivity contribution in [2.24, 2.45) is 0 Å². The number of rotatable bonds is 7. The number of nitro groups is 1. The number of amides is 1. The summed E-state index contributed by atoms with van der Waals surface area (Å²) >= 11 is 0. The normalized spacial score (nSPS) is 11.3. The first-order chi connectivity index (χ1) is 12.6. The quantitative estimate of drug-likeness (QED) is 0.550. The maximum Gasteiger partial charge on any atom is 0.269 e. The summed E-state index contributed by atoms with van der Waals surface area (Å²) in [5.41, 5.74) is 0.195. The van der Waals surface area contributed by atoms with Gasteiger partial charge in [0.1, 0.15) is 5.75 Å². The fraction of sp³-hybridized carbons (Fsp3) is 0.235. The molecule has 0 aromatic heterocycles. The molecule has 0 aliphatic carbocycles. The van der Waals surface area contributed by atoms with Crippen molar-refractivity contribution < 1.29 is 22.9 Å². The smallest absolute Gasteiger partial charge is 0.269 e. The lowest BCUT2D eigenvalue weighted by atomic mass is 10.2. The minimum absolute atomic E-state index is 0.0315. The summed E-state index contributed by atoms with van der Waals surface area (Å²) in [7, 11) is -2.37. The van der Waals surface area contributed by atoms with Gasteiger partial charge < -0.3 is 10.1 Å². The number of nitrogens with one attached hydrogen (secondary N) is 2. The lowest BCUT2D eigenvalue weighted by molar-refractivity contribution is -0.384. The van der Waals surface area contributed by atoms with Crippen LogP contribution >= 0.6 is 0 Å². The van der Waals surface area contributed by atoms with Crippen molar-refractivity contribution in [1.29, 1.82) is 0 Å². The Balaban J connectivity index is 2.32. The number of anilines is 1. The molecule has 144 valence electrons. The number of benzene rings is 2. The molecule has 0 saturated heterocycles. The first kappa shape index (κ1) is 20.3. The maximum atomic E-state index is 12.4. The van der Waals surface area contributed by atoms with Gasteiger partial charge in [0.25, 0.3) is 11.6 Å². The van der Waals surface area contributed by atoms with Gasteiger partial charge in [-0.25, -0.2) is 13.1 Å². The fourth-order valence-corrected chi connectivity index (χ4v) is 3.54. The third-order valence-electron chi connectivity index (χ3n) is 3.46. The number of non-ortho nitro benzene ring substituents is 1. The average molecular weight is 393 g/mol. The van der Waals surface area contributed by atoms with E-state index in [1.54, 1.807) is 13.8 Å². The van der Waals surface area contributed by atoms with E-state index in [0.29, 0.717) is 0 Å². The number of hydrogen-bond donors (Lipinski definition) is 2. The van der Waals surface area contributed by atoms with Crippen LogP contribution in [-0.4, -0.2) is 32.4 Å². The van der Waals surface area contributed by atoms with Crippen molar-refractivity contribution >= 4 is 27.3 Å². The van der Waals surface area contributed by atoms with E-state index < -0.39 is 20.9 Å². The zero-order valence-corrected chi connectivity index (χ0v) is 15.7. The predicted octanol–water partition coefficient (Wildman–Crippen LogP) is 2.54. The standard InChI is InChI=1S/C17H19N3O6S/c1-11(2)19-27(24,25)14-8-9-16(26-3)15(10-14)18-17(21)12-4-6-13(7-5-12)20(22)23/h4-11,19H,1-3H3,(H,18,21). The van der Waals surface area contributed by atoms with E-state index in [4.69, 9.17) is 4.74 Å². The molecule has 0 atom stereocenters. The molecule has 0 spiro atoms. The van der Waals surface area contributed by atoms with Gasteiger partial charge in [-0.1, -0.05) is 0 Å². The number of carbonyl (C=O) groups excluding carboxylic acids is 1. The molecule has 2 N–H and O–H groups in total. The summed E-state index contributed by atoms with van der Waals surface area (Å²) in [6, 6.07) is 8.81. The lowest BCUT2D eigenvalue weighted by Gasteiger charge is -2.14. The number of sulfonamides is 1. The molecule has 0 fully saturated rings. The maximum absolute atomic E-state index is 12.4. The number of carbonyl (C=O) groups is 1. The van der Waals surface area contributed by atoms with Gasteiger partial charge in [0.15, 0.2) is 0 Å². The molecule has 0 aliphatic heterocycles. The van der Waals surface area contributed by atoms with Gasteiger partial charge in [-0.15, -0.1) is 0 Å². The largest absolute Gasteiger partial charge is 0.495 e. The summed E-state index contributed by atoms with van der Waals surface area (Å²) in [4.78, 5) is 22.5. The van der Waals surface area contributed by atoms with Crippen molar-refractivity contribution in [3.63, 3.8) is 0 Å². The number of ether oxygens (including phenoxy) is 1. The van der Waals surface area contributed by atoms with E-state index in [2.05, 4.69) is 10.0 Å². The Morgan fingerprint density at radius 3 is 2.30 bits per heavy atom. The topological polar surface area (TPSA) is 128 Å². The van der Waals surface area contributed by atoms with Gasteiger partial charge >= 0.3 is 0 Å². The number of methoxy groups -OCH3 is 1. The second-order valence-electron chi connectivity index (χ2n) is 5.90. The Hall–Kier alpha value is -2.98. The molecule has 10 heteroatoms. The molecule has 0 unspecified atom stereocenters. The van der Waals surface area contributed by atoms with Crippen molar-refractivity contribution in [1.82, 2.24) is 4.72 Å². The summed E-state index contributed by atoms with van der Waals surface area (Å²) in [5, 5.41) is 13.3. The molecule has 2 rings (SSSR count). The van der Waals surface area contributed by atoms with E-state index in [9.17, 15) is 23.3 Å². The van der Waals surface area contributed by atoms with Crippen LogP contribution in [0.2, 0.25) is 0 Å². The fourth-order valence-electron chi connectivity index (χ4n) is 2.26. The molecular weight excluding hydrogens is 374 g/mol. The van der Waals surface area contributed by atoms with Crippen LogP contribution in [0.25, 0.3) is 0 Å². The van der Waals surface area contributed by atoms with Crippen molar-refractivity contribution in [2.45, 2.75) is 24.8 Å². The van der Waals surface area contributed by atoms with Crippen LogP contribution < -0.4 is 14.8 Å². The highest BCUT2D eigenvalue weighted by molar-refractivity contribution is 7.89. The first-order valence-electron chi connectivity index (χ1n) is 7.90. The molecule has 0 saturated carbocycles. The van der Waals surface area contributed by atoms with E-state index >= 15 is 0 Å². The van der Waals surface area contributed by atoms with Gasteiger partial charge in [-0.3, -0.25) is 14.9 Å². The van der Waals surface area contributed by atoms with Crippen LogP contribution in [-0.2, 0) is 10.0 Å². The highest BCUT2D eigenvalue weighted by atomic mass is 32.2. The van der Waals surface area contributed by atoms with E-state index in [1.807, 2.05) is 0 Å². The van der Waals surface area contributed by atoms with Crippen LogP contribution in [0, 0.1) is 10.1 Å². The van der Waals surface area contributed by atoms with Crippen LogP contribution in [0.5, 0.6) is 5.75 Å². The first-order valence-corrected chi connectivity index (χ1v) is 9.38. The van der Waals surface area contributed by atoms with Gasteiger partial charge in [0.2, 0.25) is 10.0 Å². The number of hydrogen-bond acceptors (Lipinski definition) is 6. The van der Waals surface area contributed by atoms with Crippen molar-refractivity contribution in [2.75, 3.05) is 12.4 Å². The van der Waals surface area contributed by atoms with Gasteiger partial charge in [-0.2, -0.15) is 0 Å². The highest BCUT2D eigenvalue weighted by Crippen LogP contribution is 2.28. The van der Waals surface area contributed by atoms with Gasteiger partial charge in [-0.05, 0) is 44.2 Å². The summed E-state index contributed by atoms with van der Waals surface area (Å²) in [6.07, 6.45) is 0. The monoisotopic (exact) mass is 393 g/mol. The minimum Gasteiger partial charge on any atom is -0.495 e. The van der Waals surface area contributed by atoms with Crippen LogP contribution in [0.4, 0.5) is 11.4 Å². The van der Waals surface area contributed by atoms with Crippen molar-refractivity contribution in [3.05, 3.63) is 58.1 Å². The third-order valence-corrected chi connectivity index (χ3v) is 5.12. The van der Waals surface area contributed by atoms with Gasteiger partial charge in [0, 0.05) is 23.7 Å². The Bertz CT molecular complexity index is 955. The second-order valence-corrected chi connectivity index (χ2v) is 7.61. The minimum atomic E-state index is -3.75. The van der Waals surface area contributed by atoms with Gasteiger partial charge in [0.05, 0.1) is 22.6 Å².